The van der Waals surface area contributed by atoms with Gasteiger partial charge in [-0.3, -0.25) is 4.98 Å². The molecule has 7 nitrogen and oxygen atoms in total. The first-order chi connectivity index (χ1) is 16.9. The first-order valence-electron chi connectivity index (χ1n) is 11.3. The van der Waals surface area contributed by atoms with E-state index in [1.54, 1.807) is 12.1 Å². The summed E-state index contributed by atoms with van der Waals surface area (Å²) in [6, 6.07) is 11.4. The Morgan fingerprint density at radius 2 is 1.83 bits per heavy atom. The second-order valence-electron chi connectivity index (χ2n) is 8.29. The largest absolute Gasteiger partial charge is 0.472 e. The van der Waals surface area contributed by atoms with Gasteiger partial charge in [-0.15, -0.1) is 10.2 Å². The van der Waals surface area contributed by atoms with E-state index in [1.165, 1.54) is 24.4 Å². The molecule has 3 aromatic rings. The lowest BCUT2D eigenvalue weighted by Gasteiger charge is -2.37. The summed E-state index contributed by atoms with van der Waals surface area (Å²) in [5.74, 6) is 0.551. The first-order valence-corrected chi connectivity index (χ1v) is 11.3. The monoisotopic (exact) mass is 484 g/mol. The fourth-order valence-electron chi connectivity index (χ4n) is 3.74. The number of nitrogens with zero attached hydrogens (tertiary/aromatic N) is 5. The topological polar surface area (TPSA) is 66.4 Å². The number of aromatic nitrogens is 3. The maximum absolute atomic E-state index is 14.8. The molecule has 0 aliphatic carbocycles. The van der Waals surface area contributed by atoms with E-state index < -0.39 is 6.43 Å². The van der Waals surface area contributed by atoms with Crippen LogP contribution in [0.5, 0.6) is 5.88 Å². The third kappa shape index (κ3) is 6.40. The number of piperazine rings is 1. The summed E-state index contributed by atoms with van der Waals surface area (Å²) in [6.45, 7) is 9.64. The molecule has 0 atom stereocenters. The molecule has 1 aliphatic rings. The average Bonchev–Trinajstić information content (AvgIpc) is 2.87. The molecule has 184 valence electrons. The van der Waals surface area contributed by atoms with Crippen molar-refractivity contribution in [3.63, 3.8) is 0 Å². The van der Waals surface area contributed by atoms with Gasteiger partial charge in [0.25, 0.3) is 6.43 Å². The number of hydrogen-bond donors (Lipinski definition) is 1. The van der Waals surface area contributed by atoms with Crippen molar-refractivity contribution in [2.45, 2.75) is 26.5 Å². The molecule has 4 rings (SSSR count). The van der Waals surface area contributed by atoms with Gasteiger partial charge in [0, 0.05) is 56.2 Å². The zero-order valence-electron chi connectivity index (χ0n) is 19.4. The molecule has 3 heterocycles. The SMILES string of the molecule is C=C(C)N1CCN(c2ccc(CNc3ccc(OCc4ccc(C(F)F)nc4)nn3)cc2F)CC1. The molecule has 0 amide bonds. The minimum atomic E-state index is -2.60. The number of rotatable bonds is 9. The second kappa shape index (κ2) is 11.1. The Hall–Kier alpha value is -3.82. The summed E-state index contributed by atoms with van der Waals surface area (Å²) in [5.41, 5.74) is 2.79. The molecule has 1 fully saturated rings. The number of alkyl halides is 2. The molecule has 1 saturated heterocycles. The van der Waals surface area contributed by atoms with Gasteiger partial charge in [-0.2, -0.15) is 0 Å². The minimum absolute atomic E-state index is 0.131. The van der Waals surface area contributed by atoms with Gasteiger partial charge in [-0.25, -0.2) is 13.2 Å². The molecule has 0 bridgehead atoms. The fourth-order valence-corrected chi connectivity index (χ4v) is 3.74. The molecular weight excluding hydrogens is 457 g/mol. The molecule has 35 heavy (non-hydrogen) atoms. The molecule has 0 unspecified atom stereocenters. The van der Waals surface area contributed by atoms with Crippen LogP contribution >= 0.6 is 0 Å². The van der Waals surface area contributed by atoms with Gasteiger partial charge in [0.2, 0.25) is 5.88 Å². The van der Waals surface area contributed by atoms with Crippen LogP contribution in [0.25, 0.3) is 0 Å². The lowest BCUT2D eigenvalue weighted by molar-refractivity contribution is 0.146. The average molecular weight is 485 g/mol. The molecule has 1 N–H and O–H groups in total. The van der Waals surface area contributed by atoms with Crippen LogP contribution in [-0.2, 0) is 13.2 Å². The summed E-state index contributed by atoms with van der Waals surface area (Å²) in [7, 11) is 0. The highest BCUT2D eigenvalue weighted by Gasteiger charge is 2.19. The van der Waals surface area contributed by atoms with Crippen LogP contribution in [0.2, 0.25) is 0 Å². The number of nitrogens with one attached hydrogen (secondary N) is 1. The Balaban J connectivity index is 1.26. The van der Waals surface area contributed by atoms with Crippen LogP contribution in [0.1, 0.15) is 30.2 Å². The summed E-state index contributed by atoms with van der Waals surface area (Å²) < 4.78 is 45.4. The van der Waals surface area contributed by atoms with E-state index in [4.69, 9.17) is 4.74 Å². The van der Waals surface area contributed by atoms with E-state index in [1.807, 2.05) is 19.1 Å². The zero-order chi connectivity index (χ0) is 24.8. The number of pyridine rings is 1. The normalized spacial score (nSPS) is 13.7. The fraction of sp³-hybridized carbons (Fsp3) is 0.320. The van der Waals surface area contributed by atoms with Gasteiger partial charge >= 0.3 is 0 Å². The second-order valence-corrected chi connectivity index (χ2v) is 8.29. The Kier molecular flexibility index (Phi) is 7.69. The molecule has 0 saturated carbocycles. The van der Waals surface area contributed by atoms with E-state index in [-0.39, 0.29) is 24.0 Å². The minimum Gasteiger partial charge on any atom is -0.472 e. The molecule has 1 aromatic carbocycles. The van der Waals surface area contributed by atoms with Crippen molar-refractivity contribution in [3.05, 3.63) is 83.6 Å². The van der Waals surface area contributed by atoms with E-state index in [0.717, 1.165) is 37.4 Å². The third-order valence-corrected chi connectivity index (χ3v) is 5.74. The molecular formula is C25H27F3N6O. The van der Waals surface area contributed by atoms with Gasteiger partial charge in [-0.05, 0) is 36.8 Å². The number of benzene rings is 1. The van der Waals surface area contributed by atoms with Crippen LogP contribution in [0, 0.1) is 5.82 Å². The van der Waals surface area contributed by atoms with Crippen LogP contribution in [-0.4, -0.2) is 46.3 Å². The van der Waals surface area contributed by atoms with Crippen LogP contribution in [0.15, 0.2) is 60.9 Å². The van der Waals surface area contributed by atoms with Crippen molar-refractivity contribution >= 4 is 11.5 Å². The Morgan fingerprint density at radius 1 is 1.06 bits per heavy atom. The predicted molar refractivity (Wildman–Crippen MR) is 128 cm³/mol. The summed E-state index contributed by atoms with van der Waals surface area (Å²) in [4.78, 5) is 7.95. The maximum atomic E-state index is 14.8. The maximum Gasteiger partial charge on any atom is 0.280 e. The highest BCUT2D eigenvalue weighted by Crippen LogP contribution is 2.23. The lowest BCUT2D eigenvalue weighted by Crippen LogP contribution is -2.45. The summed E-state index contributed by atoms with van der Waals surface area (Å²) in [5, 5.41) is 11.2. The van der Waals surface area contributed by atoms with Gasteiger partial charge in [0.05, 0.1) is 5.69 Å². The van der Waals surface area contributed by atoms with Crippen molar-refractivity contribution in [1.82, 2.24) is 20.1 Å². The van der Waals surface area contributed by atoms with E-state index in [0.29, 0.717) is 23.6 Å². The Bertz CT molecular complexity index is 1130. The molecule has 0 spiro atoms. The molecule has 1 aliphatic heterocycles. The van der Waals surface area contributed by atoms with E-state index >= 15 is 0 Å². The van der Waals surface area contributed by atoms with Crippen molar-refractivity contribution in [2.24, 2.45) is 0 Å². The standard InChI is InChI=1S/C25H27F3N6O/c1-17(2)33-9-11-34(12-10-33)22-6-4-18(13-20(22)26)14-30-23-7-8-24(32-31-23)35-16-19-3-5-21(25(27)28)29-15-19/h3-8,13,15,25H,1,9-12,14,16H2,2H3,(H,30,31). The van der Waals surface area contributed by atoms with Crippen LogP contribution in [0.3, 0.4) is 0 Å². The number of allylic oxidation sites excluding steroid dienone is 1. The molecule has 0 radical (unpaired) electrons. The van der Waals surface area contributed by atoms with Crippen molar-refractivity contribution in [2.75, 3.05) is 36.4 Å². The Morgan fingerprint density at radius 3 is 2.43 bits per heavy atom. The smallest absolute Gasteiger partial charge is 0.280 e. The summed E-state index contributed by atoms with van der Waals surface area (Å²) >= 11 is 0. The van der Waals surface area contributed by atoms with Gasteiger partial charge < -0.3 is 19.9 Å². The highest BCUT2D eigenvalue weighted by atomic mass is 19.3. The first kappa shape index (κ1) is 24.3. The van der Waals surface area contributed by atoms with Gasteiger partial charge in [-0.1, -0.05) is 18.7 Å². The molecule has 10 heteroatoms. The third-order valence-electron chi connectivity index (χ3n) is 5.74. The number of halogens is 3. The van der Waals surface area contributed by atoms with Crippen LogP contribution < -0.4 is 15.0 Å². The van der Waals surface area contributed by atoms with E-state index in [9.17, 15) is 13.2 Å². The van der Waals surface area contributed by atoms with Crippen molar-refractivity contribution < 1.29 is 17.9 Å². The predicted octanol–water partition coefficient (Wildman–Crippen LogP) is 4.80. The van der Waals surface area contributed by atoms with Crippen LogP contribution in [0.4, 0.5) is 24.7 Å². The van der Waals surface area contributed by atoms with Gasteiger partial charge in [0.15, 0.2) is 0 Å². The highest BCUT2D eigenvalue weighted by molar-refractivity contribution is 5.50. The number of ether oxygens (including phenoxy) is 1. The number of hydrogen-bond acceptors (Lipinski definition) is 7. The van der Waals surface area contributed by atoms with E-state index in [2.05, 4.69) is 36.9 Å². The van der Waals surface area contributed by atoms with Crippen molar-refractivity contribution in [1.29, 1.82) is 0 Å². The van der Waals surface area contributed by atoms with Crippen molar-refractivity contribution in [3.8, 4) is 5.88 Å². The molecule has 2 aromatic heterocycles. The number of anilines is 2. The zero-order valence-corrected chi connectivity index (χ0v) is 19.4. The lowest BCUT2D eigenvalue weighted by atomic mass is 10.1. The van der Waals surface area contributed by atoms with Gasteiger partial charge in [0.1, 0.15) is 23.9 Å². The Labute approximate surface area is 202 Å². The quantitative estimate of drug-likeness (QED) is 0.468. The summed E-state index contributed by atoms with van der Waals surface area (Å²) in [6.07, 6.45) is -1.26.